The van der Waals surface area contributed by atoms with Crippen LogP contribution in [0.3, 0.4) is 0 Å². The smallest absolute Gasteiger partial charge is 0.230 e. The van der Waals surface area contributed by atoms with E-state index in [1.165, 1.54) is 16.8 Å². The highest BCUT2D eigenvalue weighted by Crippen LogP contribution is 2.32. The van der Waals surface area contributed by atoms with Gasteiger partial charge in [0.15, 0.2) is 0 Å². The first-order valence-electron chi connectivity index (χ1n) is 7.53. The Morgan fingerprint density at radius 3 is 2.90 bits per heavy atom. The van der Waals surface area contributed by atoms with Crippen molar-refractivity contribution in [1.82, 2.24) is 15.3 Å². The van der Waals surface area contributed by atoms with Crippen molar-refractivity contribution >= 4 is 11.6 Å². The van der Waals surface area contributed by atoms with Gasteiger partial charge in [0.2, 0.25) is 5.95 Å². The Kier molecular flexibility index (Phi) is 3.88. The van der Waals surface area contributed by atoms with E-state index in [4.69, 9.17) is 4.98 Å². The molecule has 0 fully saturated rings. The van der Waals surface area contributed by atoms with E-state index < -0.39 is 0 Å². The van der Waals surface area contributed by atoms with Gasteiger partial charge in [0.25, 0.3) is 0 Å². The summed E-state index contributed by atoms with van der Waals surface area (Å²) in [5.74, 6) is 0.817. The molecular formula is C17H22N4. The maximum absolute atomic E-state index is 4.71. The van der Waals surface area contributed by atoms with Gasteiger partial charge >= 0.3 is 0 Å². The van der Waals surface area contributed by atoms with Crippen LogP contribution in [0.15, 0.2) is 24.4 Å². The maximum Gasteiger partial charge on any atom is 0.230 e. The molecule has 110 valence electrons. The van der Waals surface area contributed by atoms with Crippen molar-refractivity contribution in [3.8, 4) is 0 Å². The first-order valence-corrected chi connectivity index (χ1v) is 7.53. The lowest BCUT2D eigenvalue weighted by molar-refractivity contribution is 0.741. The van der Waals surface area contributed by atoms with Gasteiger partial charge in [0.05, 0.1) is 0 Å². The lowest BCUT2D eigenvalue weighted by Gasteiger charge is -2.30. The number of hydrogen-bond acceptors (Lipinski definition) is 4. The predicted octanol–water partition coefficient (Wildman–Crippen LogP) is 2.90. The van der Waals surface area contributed by atoms with Gasteiger partial charge in [0, 0.05) is 36.2 Å². The number of nitrogens with zero attached hydrogens (tertiary/aromatic N) is 3. The van der Waals surface area contributed by atoms with Crippen molar-refractivity contribution < 1.29 is 0 Å². The standard InChI is InChI=1S/C17H22N4/c1-12-6-7-16-14(9-12)5-4-8-21(16)17-19-11-15(10-18-3)13(2)20-17/h6-7,9,11,18H,4-5,8,10H2,1-3H3. The molecule has 4 heteroatoms. The van der Waals surface area contributed by atoms with Crippen LogP contribution in [0.5, 0.6) is 0 Å². The molecule has 3 rings (SSSR count). The Morgan fingerprint density at radius 1 is 1.29 bits per heavy atom. The van der Waals surface area contributed by atoms with Crippen LogP contribution < -0.4 is 10.2 Å². The number of anilines is 2. The molecule has 2 aromatic rings. The summed E-state index contributed by atoms with van der Waals surface area (Å²) in [6.45, 7) is 5.99. The lowest BCUT2D eigenvalue weighted by atomic mass is 10.00. The summed E-state index contributed by atoms with van der Waals surface area (Å²) in [6.07, 6.45) is 4.23. The summed E-state index contributed by atoms with van der Waals surface area (Å²) in [5, 5.41) is 3.15. The molecule has 0 amide bonds. The third-order valence-electron chi connectivity index (χ3n) is 4.03. The molecular weight excluding hydrogens is 260 g/mol. The van der Waals surface area contributed by atoms with Crippen molar-refractivity contribution in [1.29, 1.82) is 0 Å². The first-order chi connectivity index (χ1) is 10.2. The molecule has 1 aromatic carbocycles. The SMILES string of the molecule is CNCc1cnc(N2CCCc3cc(C)ccc32)nc1C. The number of fused-ring (bicyclic) bond motifs is 1. The molecule has 0 bridgehead atoms. The molecule has 21 heavy (non-hydrogen) atoms. The van der Waals surface area contributed by atoms with E-state index in [-0.39, 0.29) is 0 Å². The molecule has 1 aliphatic rings. The van der Waals surface area contributed by atoms with E-state index in [1.54, 1.807) is 0 Å². The van der Waals surface area contributed by atoms with Crippen LogP contribution in [0.25, 0.3) is 0 Å². The topological polar surface area (TPSA) is 41.1 Å². The molecule has 0 saturated carbocycles. The predicted molar refractivity (Wildman–Crippen MR) is 86.0 cm³/mol. The second kappa shape index (κ2) is 5.82. The van der Waals surface area contributed by atoms with Crippen LogP contribution in [0.4, 0.5) is 11.6 Å². The van der Waals surface area contributed by atoms with Gasteiger partial charge in [-0.3, -0.25) is 0 Å². The van der Waals surface area contributed by atoms with Crippen LogP contribution in [-0.2, 0) is 13.0 Å². The zero-order valence-corrected chi connectivity index (χ0v) is 13.0. The van der Waals surface area contributed by atoms with E-state index >= 15 is 0 Å². The molecule has 0 aliphatic carbocycles. The highest BCUT2D eigenvalue weighted by atomic mass is 15.3. The van der Waals surface area contributed by atoms with Gasteiger partial charge in [-0.05, 0) is 45.4 Å². The number of aryl methyl sites for hydroxylation is 3. The largest absolute Gasteiger partial charge is 0.316 e. The van der Waals surface area contributed by atoms with E-state index in [0.717, 1.165) is 43.1 Å². The lowest BCUT2D eigenvalue weighted by Crippen LogP contribution is -2.26. The van der Waals surface area contributed by atoms with Crippen molar-refractivity contribution in [3.63, 3.8) is 0 Å². The molecule has 2 heterocycles. The molecule has 0 saturated heterocycles. The van der Waals surface area contributed by atoms with E-state index in [2.05, 4.69) is 47.2 Å². The summed E-state index contributed by atoms with van der Waals surface area (Å²) in [6, 6.07) is 6.65. The molecule has 1 aliphatic heterocycles. The van der Waals surface area contributed by atoms with Crippen molar-refractivity contribution in [2.75, 3.05) is 18.5 Å². The van der Waals surface area contributed by atoms with E-state index in [0.29, 0.717) is 0 Å². The van der Waals surface area contributed by atoms with Crippen LogP contribution >= 0.6 is 0 Å². The zero-order valence-electron chi connectivity index (χ0n) is 13.0. The van der Waals surface area contributed by atoms with Crippen LogP contribution in [0.2, 0.25) is 0 Å². The molecule has 4 nitrogen and oxygen atoms in total. The van der Waals surface area contributed by atoms with Gasteiger partial charge in [-0.2, -0.15) is 0 Å². The monoisotopic (exact) mass is 282 g/mol. The quantitative estimate of drug-likeness (QED) is 0.940. The first kappa shape index (κ1) is 14.0. The molecule has 0 unspecified atom stereocenters. The number of benzene rings is 1. The third kappa shape index (κ3) is 2.76. The summed E-state index contributed by atoms with van der Waals surface area (Å²) in [5.41, 5.74) is 6.18. The van der Waals surface area contributed by atoms with Crippen LogP contribution in [-0.4, -0.2) is 23.6 Å². The van der Waals surface area contributed by atoms with Gasteiger partial charge < -0.3 is 10.2 Å². The van der Waals surface area contributed by atoms with Crippen LogP contribution in [0.1, 0.15) is 28.8 Å². The van der Waals surface area contributed by atoms with Gasteiger partial charge in [0.1, 0.15) is 0 Å². The average molecular weight is 282 g/mol. The van der Waals surface area contributed by atoms with Crippen molar-refractivity contribution in [2.24, 2.45) is 0 Å². The fourth-order valence-electron chi connectivity index (χ4n) is 2.91. The second-order valence-electron chi connectivity index (χ2n) is 5.70. The number of rotatable bonds is 3. The van der Waals surface area contributed by atoms with Gasteiger partial charge in [-0.1, -0.05) is 17.7 Å². The van der Waals surface area contributed by atoms with Crippen molar-refractivity contribution in [3.05, 3.63) is 46.8 Å². The number of aromatic nitrogens is 2. The Bertz CT molecular complexity index is 651. The summed E-state index contributed by atoms with van der Waals surface area (Å²) < 4.78 is 0. The number of hydrogen-bond donors (Lipinski definition) is 1. The minimum absolute atomic E-state index is 0.807. The molecule has 0 atom stereocenters. The third-order valence-corrected chi connectivity index (χ3v) is 4.03. The Morgan fingerprint density at radius 2 is 2.14 bits per heavy atom. The van der Waals surface area contributed by atoms with Gasteiger partial charge in [-0.25, -0.2) is 9.97 Å². The Hall–Kier alpha value is -1.94. The van der Waals surface area contributed by atoms with E-state index in [1.807, 2.05) is 13.2 Å². The average Bonchev–Trinajstić information content (AvgIpc) is 2.48. The fraction of sp³-hybridized carbons (Fsp3) is 0.412. The minimum Gasteiger partial charge on any atom is -0.316 e. The Balaban J connectivity index is 1.97. The molecule has 0 spiro atoms. The molecule has 1 N–H and O–H groups in total. The van der Waals surface area contributed by atoms with Crippen molar-refractivity contribution in [2.45, 2.75) is 33.2 Å². The summed E-state index contributed by atoms with van der Waals surface area (Å²) >= 11 is 0. The normalized spacial score (nSPS) is 14.1. The zero-order chi connectivity index (χ0) is 14.8. The highest BCUT2D eigenvalue weighted by Gasteiger charge is 2.20. The second-order valence-corrected chi connectivity index (χ2v) is 5.70. The minimum atomic E-state index is 0.807. The molecule has 0 radical (unpaired) electrons. The summed E-state index contributed by atoms with van der Waals surface area (Å²) in [4.78, 5) is 11.5. The Labute approximate surface area is 126 Å². The van der Waals surface area contributed by atoms with E-state index in [9.17, 15) is 0 Å². The highest BCUT2D eigenvalue weighted by molar-refractivity contribution is 5.64. The summed E-state index contributed by atoms with van der Waals surface area (Å²) in [7, 11) is 1.94. The van der Waals surface area contributed by atoms with Crippen LogP contribution in [0, 0.1) is 13.8 Å². The van der Waals surface area contributed by atoms with Gasteiger partial charge in [-0.15, -0.1) is 0 Å². The molecule has 1 aromatic heterocycles. The fourth-order valence-corrected chi connectivity index (χ4v) is 2.91. The number of nitrogens with one attached hydrogen (secondary N) is 1. The maximum atomic E-state index is 4.71.